The summed E-state index contributed by atoms with van der Waals surface area (Å²) < 4.78 is 40.6. The number of carbonyl (C=O) groups is 1. The number of likely N-dealkylation sites (N-methyl/N-ethyl adjacent to an activating group) is 1. The second-order valence-corrected chi connectivity index (χ2v) is 8.95. The third-order valence-corrected chi connectivity index (χ3v) is 6.41. The summed E-state index contributed by atoms with van der Waals surface area (Å²) >= 11 is 0. The van der Waals surface area contributed by atoms with E-state index >= 15 is 0 Å². The number of halogens is 3. The summed E-state index contributed by atoms with van der Waals surface area (Å²) in [6.45, 7) is 3.02. The molecule has 1 amide bonds. The molecule has 1 saturated carbocycles. The molecule has 0 radical (unpaired) electrons. The number of aromatic nitrogens is 2. The SMILES string of the molecule is CN1CCN(C(=O)c2ccc(Nc3ncc(C(F)(F)F)c(NC4CCCC[C@@H]4N)n3)cc2)CC1. The Morgan fingerprint density at radius 1 is 1.09 bits per heavy atom. The van der Waals surface area contributed by atoms with Crippen molar-refractivity contribution in [2.75, 3.05) is 43.9 Å². The van der Waals surface area contributed by atoms with Gasteiger partial charge in [0.2, 0.25) is 5.95 Å². The summed E-state index contributed by atoms with van der Waals surface area (Å²) in [4.78, 5) is 24.7. The van der Waals surface area contributed by atoms with Crippen LogP contribution in [0, 0.1) is 0 Å². The second-order valence-electron chi connectivity index (χ2n) is 8.95. The van der Waals surface area contributed by atoms with E-state index in [1.165, 1.54) is 0 Å². The minimum atomic E-state index is -4.59. The number of hydrogen-bond donors (Lipinski definition) is 3. The summed E-state index contributed by atoms with van der Waals surface area (Å²) in [7, 11) is 2.02. The van der Waals surface area contributed by atoms with Crippen molar-refractivity contribution in [3.63, 3.8) is 0 Å². The number of benzene rings is 1. The fourth-order valence-electron chi connectivity index (χ4n) is 4.29. The Labute approximate surface area is 196 Å². The first-order valence-electron chi connectivity index (χ1n) is 11.5. The van der Waals surface area contributed by atoms with Crippen LogP contribution in [-0.4, -0.2) is 71.0 Å². The van der Waals surface area contributed by atoms with Crippen LogP contribution in [0.1, 0.15) is 41.6 Å². The predicted molar refractivity (Wildman–Crippen MR) is 124 cm³/mol. The van der Waals surface area contributed by atoms with Crippen LogP contribution in [0.4, 0.5) is 30.6 Å². The van der Waals surface area contributed by atoms with E-state index in [1.54, 1.807) is 24.3 Å². The molecule has 4 N–H and O–H groups in total. The zero-order chi connectivity index (χ0) is 24.3. The molecule has 4 rings (SSSR count). The molecule has 2 heterocycles. The van der Waals surface area contributed by atoms with Gasteiger partial charge in [-0.3, -0.25) is 4.79 Å². The van der Waals surface area contributed by atoms with Gasteiger partial charge >= 0.3 is 6.18 Å². The van der Waals surface area contributed by atoms with Gasteiger partial charge in [0.15, 0.2) is 0 Å². The van der Waals surface area contributed by atoms with E-state index in [2.05, 4.69) is 25.5 Å². The Bertz CT molecular complexity index is 991. The number of rotatable bonds is 5. The average Bonchev–Trinajstić information content (AvgIpc) is 2.80. The Morgan fingerprint density at radius 3 is 2.41 bits per heavy atom. The first kappa shape index (κ1) is 24.2. The van der Waals surface area contributed by atoms with E-state index in [0.717, 1.165) is 38.5 Å². The number of nitrogens with one attached hydrogen (secondary N) is 2. The largest absolute Gasteiger partial charge is 0.421 e. The molecule has 1 aliphatic heterocycles. The number of piperazine rings is 1. The van der Waals surface area contributed by atoms with Crippen LogP contribution in [0.3, 0.4) is 0 Å². The molecule has 1 saturated heterocycles. The number of carbonyl (C=O) groups excluding carboxylic acids is 1. The first-order valence-corrected chi connectivity index (χ1v) is 11.5. The minimum absolute atomic E-state index is 0.0259. The van der Waals surface area contributed by atoms with Gasteiger partial charge in [-0.15, -0.1) is 0 Å². The third-order valence-electron chi connectivity index (χ3n) is 6.41. The van der Waals surface area contributed by atoms with Gasteiger partial charge in [-0.2, -0.15) is 18.2 Å². The number of anilines is 3. The summed E-state index contributed by atoms with van der Waals surface area (Å²) in [5.74, 6) is -0.298. The van der Waals surface area contributed by atoms with Gasteiger partial charge < -0.3 is 26.2 Å². The zero-order valence-corrected chi connectivity index (χ0v) is 19.1. The van der Waals surface area contributed by atoms with Gasteiger partial charge in [0, 0.05) is 55.7 Å². The highest BCUT2D eigenvalue weighted by atomic mass is 19.4. The van der Waals surface area contributed by atoms with Crippen LogP contribution in [0.25, 0.3) is 0 Å². The zero-order valence-electron chi connectivity index (χ0n) is 19.1. The quantitative estimate of drug-likeness (QED) is 0.608. The van der Waals surface area contributed by atoms with Gasteiger partial charge in [-0.25, -0.2) is 4.98 Å². The minimum Gasteiger partial charge on any atom is -0.365 e. The van der Waals surface area contributed by atoms with Crippen molar-refractivity contribution >= 4 is 23.4 Å². The van der Waals surface area contributed by atoms with Crippen LogP contribution < -0.4 is 16.4 Å². The molecule has 1 aromatic carbocycles. The molecule has 2 aliphatic rings. The maximum absolute atomic E-state index is 13.5. The highest BCUT2D eigenvalue weighted by molar-refractivity contribution is 5.94. The highest BCUT2D eigenvalue weighted by Gasteiger charge is 2.36. The molecule has 0 bridgehead atoms. The van der Waals surface area contributed by atoms with Crippen LogP contribution in [0.15, 0.2) is 30.5 Å². The average molecular weight is 478 g/mol. The third kappa shape index (κ3) is 5.76. The standard InChI is InChI=1S/C23H30F3N7O/c1-32-10-12-33(13-11-32)21(34)15-6-8-16(9-7-15)29-22-28-14-17(23(24,25)26)20(31-22)30-19-5-3-2-4-18(19)27/h6-9,14,18-19H,2-5,10-13,27H2,1H3,(H2,28,29,30,31)/t18-,19?/m0/s1. The summed E-state index contributed by atoms with van der Waals surface area (Å²) in [6, 6.07) is 6.24. The Balaban J connectivity index is 1.48. The molecule has 34 heavy (non-hydrogen) atoms. The smallest absolute Gasteiger partial charge is 0.365 e. The Morgan fingerprint density at radius 2 is 1.76 bits per heavy atom. The molecular weight excluding hydrogens is 447 g/mol. The molecule has 0 spiro atoms. The van der Waals surface area contributed by atoms with Crippen LogP contribution >= 0.6 is 0 Å². The highest BCUT2D eigenvalue weighted by Crippen LogP contribution is 2.35. The Kier molecular flexibility index (Phi) is 7.22. The van der Waals surface area contributed by atoms with Gasteiger partial charge in [-0.05, 0) is 44.2 Å². The topological polar surface area (TPSA) is 99.4 Å². The van der Waals surface area contributed by atoms with Crippen LogP contribution in [-0.2, 0) is 6.18 Å². The van der Waals surface area contributed by atoms with Crippen LogP contribution in [0.5, 0.6) is 0 Å². The van der Waals surface area contributed by atoms with Crippen molar-refractivity contribution in [3.05, 3.63) is 41.6 Å². The fourth-order valence-corrected chi connectivity index (χ4v) is 4.29. The lowest BCUT2D eigenvalue weighted by Gasteiger charge is -2.32. The van der Waals surface area contributed by atoms with Crippen molar-refractivity contribution in [2.45, 2.75) is 43.9 Å². The number of amides is 1. The lowest BCUT2D eigenvalue weighted by Crippen LogP contribution is -2.47. The normalized spacial score (nSPS) is 21.9. The molecule has 1 aliphatic carbocycles. The lowest BCUT2D eigenvalue weighted by molar-refractivity contribution is -0.137. The van der Waals surface area contributed by atoms with Gasteiger partial charge in [0.1, 0.15) is 11.4 Å². The van der Waals surface area contributed by atoms with E-state index < -0.39 is 11.7 Å². The Hall–Kier alpha value is -2.92. The lowest BCUT2D eigenvalue weighted by atomic mass is 9.91. The number of nitrogens with zero attached hydrogens (tertiary/aromatic N) is 4. The molecule has 1 unspecified atom stereocenters. The summed E-state index contributed by atoms with van der Waals surface area (Å²) in [5.41, 5.74) is 6.30. The molecule has 1 aromatic heterocycles. The van der Waals surface area contributed by atoms with Gasteiger partial charge in [0.25, 0.3) is 5.91 Å². The van der Waals surface area contributed by atoms with Crippen molar-refractivity contribution in [2.24, 2.45) is 5.73 Å². The number of alkyl halides is 3. The maximum atomic E-state index is 13.5. The van der Waals surface area contributed by atoms with Crippen LogP contribution in [0.2, 0.25) is 0 Å². The second kappa shape index (κ2) is 10.1. The van der Waals surface area contributed by atoms with E-state index in [4.69, 9.17) is 5.73 Å². The van der Waals surface area contributed by atoms with E-state index in [9.17, 15) is 18.0 Å². The summed E-state index contributed by atoms with van der Waals surface area (Å²) in [6.07, 6.45) is -0.498. The van der Waals surface area contributed by atoms with Gasteiger partial charge in [-0.1, -0.05) is 12.8 Å². The number of nitrogens with two attached hydrogens (primary N) is 1. The predicted octanol–water partition coefficient (Wildman–Crippen LogP) is 3.31. The van der Waals surface area contributed by atoms with Gasteiger partial charge in [0.05, 0.1) is 0 Å². The first-order chi connectivity index (χ1) is 16.2. The monoisotopic (exact) mass is 477 g/mol. The van der Waals surface area contributed by atoms with Crippen molar-refractivity contribution < 1.29 is 18.0 Å². The van der Waals surface area contributed by atoms with E-state index in [0.29, 0.717) is 30.8 Å². The fraction of sp³-hybridized carbons (Fsp3) is 0.522. The molecule has 184 valence electrons. The molecule has 2 fully saturated rings. The number of hydrogen-bond acceptors (Lipinski definition) is 7. The van der Waals surface area contributed by atoms with Crippen molar-refractivity contribution in [3.8, 4) is 0 Å². The maximum Gasteiger partial charge on any atom is 0.421 e. The molecule has 8 nitrogen and oxygen atoms in total. The molecule has 11 heteroatoms. The molecular formula is C23H30F3N7O. The van der Waals surface area contributed by atoms with E-state index in [1.807, 2.05) is 11.9 Å². The summed E-state index contributed by atoms with van der Waals surface area (Å²) in [5, 5.41) is 5.84. The van der Waals surface area contributed by atoms with Crippen molar-refractivity contribution in [1.29, 1.82) is 0 Å². The molecule has 2 atom stereocenters. The van der Waals surface area contributed by atoms with Crippen molar-refractivity contribution in [1.82, 2.24) is 19.8 Å². The van der Waals surface area contributed by atoms with E-state index in [-0.39, 0.29) is 29.8 Å². The molecule has 2 aromatic rings.